The fourth-order valence-corrected chi connectivity index (χ4v) is 2.98. The summed E-state index contributed by atoms with van der Waals surface area (Å²) in [5.74, 6) is -0.672. The zero-order chi connectivity index (χ0) is 15.0. The first kappa shape index (κ1) is 15.0. The third-order valence-electron chi connectivity index (χ3n) is 4.35. The van der Waals surface area contributed by atoms with Crippen molar-refractivity contribution in [2.45, 2.75) is 59.3 Å². The molecule has 1 saturated heterocycles. The number of urea groups is 1. The number of rotatable bonds is 2. The predicted molar refractivity (Wildman–Crippen MR) is 74.8 cm³/mol. The van der Waals surface area contributed by atoms with E-state index in [2.05, 4.69) is 26.1 Å². The lowest BCUT2D eigenvalue weighted by atomic mass is 9.71. The summed E-state index contributed by atoms with van der Waals surface area (Å²) in [6, 6.07) is -0.555. The lowest BCUT2D eigenvalue weighted by molar-refractivity contribution is -0.154. The summed E-state index contributed by atoms with van der Waals surface area (Å²) in [7, 11) is 0. The average molecular weight is 280 g/mol. The van der Waals surface area contributed by atoms with Crippen molar-refractivity contribution in [1.29, 1.82) is 0 Å². The monoisotopic (exact) mass is 280 g/mol. The molecule has 1 aliphatic heterocycles. The van der Waals surface area contributed by atoms with Crippen molar-refractivity contribution < 1.29 is 14.4 Å². The quantitative estimate of drug-likeness (QED) is 0.790. The molecule has 0 aromatic heterocycles. The number of imide groups is 2. The van der Waals surface area contributed by atoms with Gasteiger partial charge in [-0.15, -0.1) is 0 Å². The molecule has 0 aromatic rings. The van der Waals surface area contributed by atoms with E-state index >= 15 is 0 Å². The third-order valence-corrected chi connectivity index (χ3v) is 4.35. The van der Waals surface area contributed by atoms with Crippen LogP contribution in [0.3, 0.4) is 0 Å². The van der Waals surface area contributed by atoms with E-state index in [9.17, 15) is 14.4 Å². The minimum atomic E-state index is -0.982. The number of carbonyl (C=O) groups excluding carboxylic acids is 3. The van der Waals surface area contributed by atoms with E-state index in [4.69, 9.17) is 0 Å². The number of carbonyl (C=O) groups is 3. The predicted octanol–water partition coefficient (Wildman–Crippen LogP) is 2.45. The van der Waals surface area contributed by atoms with Gasteiger partial charge in [-0.3, -0.25) is 19.8 Å². The maximum Gasteiger partial charge on any atom is 0.330 e. The van der Waals surface area contributed by atoms with Crippen LogP contribution in [-0.2, 0) is 9.59 Å². The van der Waals surface area contributed by atoms with Crippen LogP contribution in [0.5, 0.6) is 0 Å². The molecule has 4 amide bonds. The molecule has 1 N–H and O–H groups in total. The van der Waals surface area contributed by atoms with E-state index in [1.165, 1.54) is 4.90 Å². The molecule has 0 atom stereocenters. The summed E-state index contributed by atoms with van der Waals surface area (Å²) < 4.78 is 0. The van der Waals surface area contributed by atoms with Crippen LogP contribution in [0.15, 0.2) is 0 Å². The summed E-state index contributed by atoms with van der Waals surface area (Å²) in [6.07, 6.45) is 4.67. The van der Waals surface area contributed by atoms with Gasteiger partial charge in [-0.2, -0.15) is 0 Å². The highest BCUT2D eigenvalue weighted by Crippen LogP contribution is 2.40. The Hall–Kier alpha value is -1.39. The van der Waals surface area contributed by atoms with Crippen LogP contribution in [0.2, 0.25) is 0 Å². The fourth-order valence-electron chi connectivity index (χ4n) is 2.98. The number of barbiturate groups is 1. The van der Waals surface area contributed by atoms with Crippen LogP contribution in [0.4, 0.5) is 4.79 Å². The van der Waals surface area contributed by atoms with Gasteiger partial charge in [-0.1, -0.05) is 40.0 Å². The summed E-state index contributed by atoms with van der Waals surface area (Å²) in [5.41, 5.74) is -0.939. The molecule has 0 bridgehead atoms. The summed E-state index contributed by atoms with van der Waals surface area (Å²) in [5, 5.41) is 2.38. The molecular weight excluding hydrogens is 256 g/mol. The minimum Gasteiger partial charge on any atom is -0.277 e. The van der Waals surface area contributed by atoms with Gasteiger partial charge in [0.15, 0.2) is 0 Å². The van der Waals surface area contributed by atoms with Crippen LogP contribution in [-0.4, -0.2) is 29.3 Å². The SMILES string of the molecule is CC(C)(C)CCN1C(=O)NC(=O)C2(CCCCC2)C1=O. The normalized spacial score (nSPS) is 23.1. The molecule has 0 unspecified atom stereocenters. The molecule has 0 aromatic carbocycles. The summed E-state index contributed by atoms with van der Waals surface area (Å²) in [6.45, 7) is 6.59. The first-order valence-corrected chi connectivity index (χ1v) is 7.44. The Morgan fingerprint density at radius 1 is 1.10 bits per heavy atom. The van der Waals surface area contributed by atoms with Crippen LogP contribution in [0.1, 0.15) is 59.3 Å². The molecule has 1 heterocycles. The van der Waals surface area contributed by atoms with E-state index < -0.39 is 11.4 Å². The molecule has 2 rings (SSSR count). The van der Waals surface area contributed by atoms with E-state index in [0.717, 1.165) is 25.7 Å². The molecule has 20 heavy (non-hydrogen) atoms. The maximum atomic E-state index is 12.7. The van der Waals surface area contributed by atoms with Gasteiger partial charge in [0.25, 0.3) is 0 Å². The fraction of sp³-hybridized carbons (Fsp3) is 0.800. The largest absolute Gasteiger partial charge is 0.330 e. The van der Waals surface area contributed by atoms with Crippen LogP contribution < -0.4 is 5.32 Å². The van der Waals surface area contributed by atoms with Crippen LogP contribution in [0.25, 0.3) is 0 Å². The van der Waals surface area contributed by atoms with Gasteiger partial charge in [-0.05, 0) is 24.7 Å². The van der Waals surface area contributed by atoms with Crippen molar-refractivity contribution in [3.8, 4) is 0 Å². The van der Waals surface area contributed by atoms with E-state index in [1.807, 2.05) is 0 Å². The van der Waals surface area contributed by atoms with Crippen molar-refractivity contribution in [1.82, 2.24) is 10.2 Å². The minimum absolute atomic E-state index is 0.0434. The number of amides is 4. The topological polar surface area (TPSA) is 66.5 Å². The van der Waals surface area contributed by atoms with Crippen LogP contribution >= 0.6 is 0 Å². The van der Waals surface area contributed by atoms with Gasteiger partial charge in [0.1, 0.15) is 5.41 Å². The highest BCUT2D eigenvalue weighted by Gasteiger charge is 2.53. The van der Waals surface area contributed by atoms with Crippen molar-refractivity contribution in [3.63, 3.8) is 0 Å². The third kappa shape index (κ3) is 2.72. The molecule has 0 radical (unpaired) electrons. The smallest absolute Gasteiger partial charge is 0.277 e. The molecule has 1 spiro atoms. The highest BCUT2D eigenvalue weighted by molar-refractivity contribution is 6.19. The molecule has 2 fully saturated rings. The van der Waals surface area contributed by atoms with Gasteiger partial charge in [0, 0.05) is 6.54 Å². The van der Waals surface area contributed by atoms with Crippen molar-refractivity contribution in [2.75, 3.05) is 6.54 Å². The molecule has 5 heteroatoms. The number of nitrogens with zero attached hydrogens (tertiary/aromatic N) is 1. The summed E-state index contributed by atoms with van der Waals surface area (Å²) >= 11 is 0. The van der Waals surface area contributed by atoms with E-state index in [0.29, 0.717) is 19.4 Å². The number of hydrogen-bond acceptors (Lipinski definition) is 3. The van der Waals surface area contributed by atoms with E-state index in [-0.39, 0.29) is 17.2 Å². The van der Waals surface area contributed by atoms with Crippen LogP contribution in [0, 0.1) is 10.8 Å². The first-order valence-electron chi connectivity index (χ1n) is 7.44. The van der Waals surface area contributed by atoms with Crippen molar-refractivity contribution in [2.24, 2.45) is 10.8 Å². The lowest BCUT2D eigenvalue weighted by Crippen LogP contribution is -2.64. The number of hydrogen-bond donors (Lipinski definition) is 1. The van der Waals surface area contributed by atoms with Crippen molar-refractivity contribution >= 4 is 17.8 Å². The molecule has 1 aliphatic carbocycles. The second kappa shape index (κ2) is 5.19. The zero-order valence-electron chi connectivity index (χ0n) is 12.6. The highest BCUT2D eigenvalue weighted by atomic mass is 16.2. The zero-order valence-corrected chi connectivity index (χ0v) is 12.6. The Labute approximate surface area is 120 Å². The van der Waals surface area contributed by atoms with Gasteiger partial charge in [-0.25, -0.2) is 4.79 Å². The van der Waals surface area contributed by atoms with Gasteiger partial charge < -0.3 is 0 Å². The Balaban J connectivity index is 2.18. The standard InChI is InChI=1S/C15H24N2O3/c1-14(2,3)9-10-17-12(19)15(7-5-4-6-8-15)11(18)16-13(17)20/h4-10H2,1-3H3,(H,16,18,20). The Morgan fingerprint density at radius 3 is 2.25 bits per heavy atom. The molecule has 2 aliphatic rings. The van der Waals surface area contributed by atoms with Gasteiger partial charge in [0.2, 0.25) is 11.8 Å². The summed E-state index contributed by atoms with van der Waals surface area (Å²) in [4.78, 5) is 38.0. The Bertz CT molecular complexity index is 431. The molecular formula is C15H24N2O3. The maximum absolute atomic E-state index is 12.7. The molecule has 1 saturated carbocycles. The number of nitrogens with one attached hydrogen (secondary N) is 1. The van der Waals surface area contributed by atoms with Crippen molar-refractivity contribution in [3.05, 3.63) is 0 Å². The van der Waals surface area contributed by atoms with Gasteiger partial charge >= 0.3 is 6.03 Å². The van der Waals surface area contributed by atoms with Gasteiger partial charge in [0.05, 0.1) is 0 Å². The lowest BCUT2D eigenvalue weighted by Gasteiger charge is -2.41. The molecule has 112 valence electrons. The second-order valence-corrected chi connectivity index (χ2v) is 7.17. The molecule has 5 nitrogen and oxygen atoms in total. The average Bonchev–Trinajstić information content (AvgIpc) is 2.36. The second-order valence-electron chi connectivity index (χ2n) is 7.17. The Kier molecular flexibility index (Phi) is 3.89. The Morgan fingerprint density at radius 2 is 1.70 bits per heavy atom. The van der Waals surface area contributed by atoms with E-state index in [1.54, 1.807) is 0 Å². The first-order chi connectivity index (χ1) is 9.26.